The van der Waals surface area contributed by atoms with E-state index in [1.54, 1.807) is 0 Å². The molecule has 0 unspecified atom stereocenters. The lowest BCUT2D eigenvalue weighted by Crippen LogP contribution is -1.87. The minimum atomic E-state index is -0.714. The number of carbonyl (C=O) groups excluding carboxylic acids is 1. The summed E-state index contributed by atoms with van der Waals surface area (Å²) in [5, 5.41) is -0.321. The Morgan fingerprint density at radius 1 is 1.23 bits per heavy atom. The average molecular weight is 203 g/mol. The zero-order valence-corrected chi connectivity index (χ0v) is 7.18. The Morgan fingerprint density at radius 2 is 1.85 bits per heavy atom. The quantitative estimate of drug-likeness (QED) is 0.410. The largest absolute Gasteiger partial charge is 0.299 e. The summed E-state index contributed by atoms with van der Waals surface area (Å²) >= 11 is 5.45. The first-order chi connectivity index (χ1) is 6.16. The molecular weight excluding hydrogens is 198 g/mol. The monoisotopic (exact) mass is 202 g/mol. The highest BCUT2D eigenvalue weighted by Crippen LogP contribution is 2.23. The molecule has 0 saturated carbocycles. The lowest BCUT2D eigenvalue weighted by molar-refractivity contribution is -0.104. The average Bonchev–Trinajstić information content (AvgIpc) is 2.12. The molecule has 0 bridgehead atoms. The summed E-state index contributed by atoms with van der Waals surface area (Å²) < 4.78 is 25.7. The minimum absolute atomic E-state index is 0.117. The lowest BCUT2D eigenvalue weighted by Gasteiger charge is -2.00. The van der Waals surface area contributed by atoms with Gasteiger partial charge in [0.05, 0.1) is 5.02 Å². The van der Waals surface area contributed by atoms with E-state index >= 15 is 0 Å². The van der Waals surface area contributed by atoms with Gasteiger partial charge in [0.1, 0.15) is 17.9 Å². The van der Waals surface area contributed by atoms with Crippen LogP contribution in [0.15, 0.2) is 18.2 Å². The lowest BCUT2D eigenvalue weighted by atomic mass is 10.2. The van der Waals surface area contributed by atoms with Gasteiger partial charge >= 0.3 is 0 Å². The van der Waals surface area contributed by atoms with E-state index in [1.165, 1.54) is 0 Å². The third kappa shape index (κ3) is 2.12. The molecule has 68 valence electrons. The van der Waals surface area contributed by atoms with Crippen LogP contribution in [-0.2, 0) is 4.79 Å². The van der Waals surface area contributed by atoms with Gasteiger partial charge in [0.2, 0.25) is 0 Å². The Balaban J connectivity index is 3.25. The van der Waals surface area contributed by atoms with Crippen molar-refractivity contribution in [3.05, 3.63) is 40.4 Å². The third-order valence-electron chi connectivity index (χ3n) is 1.42. The van der Waals surface area contributed by atoms with Gasteiger partial charge in [0, 0.05) is 5.56 Å². The summed E-state index contributed by atoms with van der Waals surface area (Å²) in [6.45, 7) is 0. The first-order valence-corrected chi connectivity index (χ1v) is 3.80. The van der Waals surface area contributed by atoms with Gasteiger partial charge in [-0.05, 0) is 24.3 Å². The van der Waals surface area contributed by atoms with Crippen LogP contribution in [0.5, 0.6) is 0 Å². The molecule has 1 aromatic carbocycles. The van der Waals surface area contributed by atoms with Crippen LogP contribution < -0.4 is 0 Å². The number of hydrogen-bond acceptors (Lipinski definition) is 1. The number of benzene rings is 1. The molecule has 0 aliphatic heterocycles. The van der Waals surface area contributed by atoms with Crippen molar-refractivity contribution in [1.29, 1.82) is 0 Å². The highest BCUT2D eigenvalue weighted by Gasteiger charge is 2.08. The first-order valence-electron chi connectivity index (χ1n) is 3.42. The second-order valence-corrected chi connectivity index (χ2v) is 2.63. The maximum absolute atomic E-state index is 12.9. The van der Waals surface area contributed by atoms with Crippen molar-refractivity contribution in [3.8, 4) is 0 Å². The number of rotatable bonds is 2. The highest BCUT2D eigenvalue weighted by atomic mass is 35.5. The van der Waals surface area contributed by atoms with Crippen LogP contribution in [0, 0.1) is 11.6 Å². The van der Waals surface area contributed by atoms with Crippen LogP contribution >= 0.6 is 11.6 Å². The first kappa shape index (κ1) is 9.86. The molecule has 0 atom stereocenters. The normalized spacial score (nSPS) is 10.7. The van der Waals surface area contributed by atoms with Crippen LogP contribution in [-0.4, -0.2) is 6.29 Å². The number of allylic oxidation sites excluding steroid dienone is 1. The molecule has 1 aromatic rings. The summed E-state index contributed by atoms with van der Waals surface area (Å²) in [6.07, 6.45) is 2.62. The molecule has 0 amide bonds. The summed E-state index contributed by atoms with van der Waals surface area (Å²) in [6, 6.07) is 1.88. The Bertz CT molecular complexity index is 361. The zero-order chi connectivity index (χ0) is 9.84. The van der Waals surface area contributed by atoms with Crippen molar-refractivity contribution in [2.75, 3.05) is 0 Å². The molecule has 0 aliphatic carbocycles. The fourth-order valence-corrected chi connectivity index (χ4v) is 1.05. The summed E-state index contributed by atoms with van der Waals surface area (Å²) in [7, 11) is 0. The van der Waals surface area contributed by atoms with E-state index in [9.17, 15) is 13.6 Å². The van der Waals surface area contributed by atoms with E-state index in [0.717, 1.165) is 24.3 Å². The topological polar surface area (TPSA) is 17.1 Å². The van der Waals surface area contributed by atoms with Crippen molar-refractivity contribution in [3.63, 3.8) is 0 Å². The van der Waals surface area contributed by atoms with Crippen LogP contribution in [0.2, 0.25) is 5.02 Å². The van der Waals surface area contributed by atoms with E-state index in [2.05, 4.69) is 0 Å². The predicted molar refractivity (Wildman–Crippen MR) is 46.5 cm³/mol. The van der Waals surface area contributed by atoms with Gasteiger partial charge < -0.3 is 0 Å². The van der Waals surface area contributed by atoms with Crippen LogP contribution in [0.4, 0.5) is 8.78 Å². The number of halogens is 3. The molecule has 0 radical (unpaired) electrons. The second kappa shape index (κ2) is 4.14. The Kier molecular flexibility index (Phi) is 3.14. The molecule has 0 heterocycles. The van der Waals surface area contributed by atoms with Crippen LogP contribution in [0.1, 0.15) is 5.56 Å². The van der Waals surface area contributed by atoms with Crippen molar-refractivity contribution < 1.29 is 13.6 Å². The van der Waals surface area contributed by atoms with Gasteiger partial charge in [-0.15, -0.1) is 0 Å². The van der Waals surface area contributed by atoms with E-state index < -0.39 is 11.6 Å². The third-order valence-corrected chi connectivity index (χ3v) is 1.81. The Labute approximate surface area is 78.6 Å². The van der Waals surface area contributed by atoms with E-state index in [-0.39, 0.29) is 10.6 Å². The fourth-order valence-electron chi connectivity index (χ4n) is 0.831. The molecule has 0 N–H and O–H groups in total. The van der Waals surface area contributed by atoms with Crippen molar-refractivity contribution >= 4 is 24.0 Å². The van der Waals surface area contributed by atoms with Gasteiger partial charge in [0.15, 0.2) is 0 Å². The standard InChI is InChI=1S/C9H5ClF2O/c10-9-6(2-1-5-13)7(11)3-4-8(9)12/h1-5H/b2-1+. The molecule has 4 heteroatoms. The van der Waals surface area contributed by atoms with E-state index in [1.807, 2.05) is 0 Å². The molecule has 13 heavy (non-hydrogen) atoms. The van der Waals surface area contributed by atoms with Gasteiger partial charge in [0.25, 0.3) is 0 Å². The number of carbonyl (C=O) groups is 1. The Hall–Kier alpha value is -1.22. The molecule has 0 saturated heterocycles. The maximum Gasteiger partial charge on any atom is 0.142 e. The molecule has 0 spiro atoms. The summed E-state index contributed by atoms with van der Waals surface area (Å²) in [4.78, 5) is 9.94. The minimum Gasteiger partial charge on any atom is -0.299 e. The van der Waals surface area contributed by atoms with Crippen LogP contribution in [0.3, 0.4) is 0 Å². The SMILES string of the molecule is O=C/C=C/c1c(F)ccc(F)c1Cl. The summed E-state index contributed by atoms with van der Waals surface area (Å²) in [5.74, 6) is -1.38. The molecule has 1 nitrogen and oxygen atoms in total. The van der Waals surface area contributed by atoms with Gasteiger partial charge in [-0.1, -0.05) is 11.6 Å². The van der Waals surface area contributed by atoms with E-state index in [4.69, 9.17) is 11.6 Å². The highest BCUT2D eigenvalue weighted by molar-refractivity contribution is 6.32. The molecule has 0 aromatic heterocycles. The van der Waals surface area contributed by atoms with Crippen molar-refractivity contribution in [1.82, 2.24) is 0 Å². The number of hydrogen-bond donors (Lipinski definition) is 0. The smallest absolute Gasteiger partial charge is 0.142 e. The Morgan fingerprint density at radius 3 is 2.46 bits per heavy atom. The summed E-state index contributed by atoms with van der Waals surface area (Å²) in [5.41, 5.74) is -0.117. The zero-order valence-electron chi connectivity index (χ0n) is 6.43. The second-order valence-electron chi connectivity index (χ2n) is 2.25. The predicted octanol–water partition coefficient (Wildman–Crippen LogP) is 2.83. The molecular formula is C9H5ClF2O. The van der Waals surface area contributed by atoms with Gasteiger partial charge in [-0.25, -0.2) is 8.78 Å². The van der Waals surface area contributed by atoms with E-state index in [0.29, 0.717) is 6.29 Å². The molecule has 1 rings (SSSR count). The van der Waals surface area contributed by atoms with Crippen molar-refractivity contribution in [2.45, 2.75) is 0 Å². The number of aldehydes is 1. The fraction of sp³-hybridized carbons (Fsp3) is 0. The molecule has 0 fully saturated rings. The van der Waals surface area contributed by atoms with Crippen LogP contribution in [0.25, 0.3) is 6.08 Å². The van der Waals surface area contributed by atoms with Crippen molar-refractivity contribution in [2.24, 2.45) is 0 Å². The van der Waals surface area contributed by atoms with Gasteiger partial charge in [-0.2, -0.15) is 0 Å². The van der Waals surface area contributed by atoms with Gasteiger partial charge in [-0.3, -0.25) is 4.79 Å². The molecule has 0 aliphatic rings. The maximum atomic E-state index is 12.9.